The lowest BCUT2D eigenvalue weighted by Gasteiger charge is -2.34. The van der Waals surface area contributed by atoms with Gasteiger partial charge in [0.1, 0.15) is 11.6 Å². The zero-order chi connectivity index (χ0) is 18.2. The first kappa shape index (κ1) is 18.4. The number of nitriles is 1. The van der Waals surface area contributed by atoms with Gasteiger partial charge in [0, 0.05) is 56.7 Å². The average molecular weight is 342 g/mol. The lowest BCUT2D eigenvalue weighted by Crippen LogP contribution is -2.50. The second-order valence-corrected chi connectivity index (χ2v) is 5.68. The molecule has 0 spiro atoms. The first-order valence-electron chi connectivity index (χ1n) is 8.03. The van der Waals surface area contributed by atoms with Gasteiger partial charge in [0.2, 0.25) is 5.91 Å². The van der Waals surface area contributed by atoms with E-state index in [4.69, 9.17) is 11.5 Å². The molecule has 1 aliphatic heterocycles. The molecule has 1 saturated heterocycles. The fourth-order valence-electron chi connectivity index (χ4n) is 2.56. The Balaban J connectivity index is 1.96. The van der Waals surface area contributed by atoms with Crippen LogP contribution in [0.25, 0.3) is 0 Å². The Morgan fingerprint density at radius 1 is 1.20 bits per heavy atom. The van der Waals surface area contributed by atoms with Crippen molar-refractivity contribution in [2.45, 2.75) is 0 Å². The molecule has 1 aromatic rings. The van der Waals surface area contributed by atoms with Gasteiger partial charge in [0.15, 0.2) is 0 Å². The maximum absolute atomic E-state index is 12.4. The summed E-state index contributed by atoms with van der Waals surface area (Å²) in [6.45, 7) is 4.06. The summed E-state index contributed by atoms with van der Waals surface area (Å²) in [4.78, 5) is 27.3. The second-order valence-electron chi connectivity index (χ2n) is 5.68. The lowest BCUT2D eigenvalue weighted by molar-refractivity contribution is -0.128. The number of piperazine rings is 1. The summed E-state index contributed by atoms with van der Waals surface area (Å²) < 4.78 is 0. The molecule has 0 aliphatic carbocycles. The molecule has 0 unspecified atom stereocenters. The van der Waals surface area contributed by atoms with Crippen molar-refractivity contribution >= 4 is 17.5 Å². The molecule has 1 aliphatic rings. The molecule has 1 aromatic carbocycles. The predicted molar refractivity (Wildman–Crippen MR) is 94.4 cm³/mol. The molecule has 132 valence electrons. The number of primary amides is 1. The standard InChI is InChI=1S/C17H22N6O2/c18-5-6-22-7-9-23(10-8-22)17(25)14(11-19)12-21-15-3-1-13(2-4-15)16(20)24/h1-4,12,21H,5-10,18H2,(H2,20,24)/b14-12-. The van der Waals surface area contributed by atoms with Gasteiger partial charge in [-0.05, 0) is 24.3 Å². The number of nitrogens with two attached hydrogens (primary N) is 2. The Morgan fingerprint density at radius 3 is 2.36 bits per heavy atom. The van der Waals surface area contributed by atoms with E-state index in [2.05, 4.69) is 10.2 Å². The number of carbonyl (C=O) groups is 2. The zero-order valence-electron chi connectivity index (χ0n) is 13.9. The molecule has 0 atom stereocenters. The van der Waals surface area contributed by atoms with Crippen molar-refractivity contribution in [3.05, 3.63) is 41.6 Å². The van der Waals surface area contributed by atoms with Crippen molar-refractivity contribution in [3.63, 3.8) is 0 Å². The number of carbonyl (C=O) groups excluding carboxylic acids is 2. The van der Waals surface area contributed by atoms with Crippen molar-refractivity contribution in [2.75, 3.05) is 44.6 Å². The van der Waals surface area contributed by atoms with Crippen LogP contribution in [0.1, 0.15) is 10.4 Å². The maximum atomic E-state index is 12.4. The summed E-state index contributed by atoms with van der Waals surface area (Å²) in [5, 5.41) is 12.2. The fourth-order valence-corrected chi connectivity index (χ4v) is 2.56. The molecule has 0 aromatic heterocycles. The van der Waals surface area contributed by atoms with E-state index in [1.807, 2.05) is 6.07 Å². The smallest absolute Gasteiger partial charge is 0.266 e. The molecule has 0 radical (unpaired) electrons. The molecule has 0 bridgehead atoms. The number of nitrogens with one attached hydrogen (secondary N) is 1. The summed E-state index contributed by atoms with van der Waals surface area (Å²) in [6.07, 6.45) is 1.38. The summed E-state index contributed by atoms with van der Waals surface area (Å²) >= 11 is 0. The average Bonchev–Trinajstić information content (AvgIpc) is 2.63. The number of hydrogen-bond acceptors (Lipinski definition) is 6. The van der Waals surface area contributed by atoms with Crippen LogP contribution < -0.4 is 16.8 Å². The Kier molecular flexibility index (Phi) is 6.51. The third kappa shape index (κ3) is 5.04. The number of benzene rings is 1. The fraction of sp³-hybridized carbons (Fsp3) is 0.353. The predicted octanol–water partition coefficient (Wildman–Crippen LogP) is -0.292. The zero-order valence-corrected chi connectivity index (χ0v) is 13.9. The molecule has 8 heteroatoms. The van der Waals surface area contributed by atoms with Gasteiger partial charge in [-0.1, -0.05) is 0 Å². The Labute approximate surface area is 146 Å². The van der Waals surface area contributed by atoms with E-state index in [-0.39, 0.29) is 11.5 Å². The number of rotatable bonds is 6. The topological polar surface area (TPSA) is 128 Å². The first-order chi connectivity index (χ1) is 12.0. The quantitative estimate of drug-likeness (QED) is 0.481. The van der Waals surface area contributed by atoms with E-state index in [9.17, 15) is 14.9 Å². The van der Waals surface area contributed by atoms with Gasteiger partial charge in [0.05, 0.1) is 0 Å². The van der Waals surface area contributed by atoms with E-state index >= 15 is 0 Å². The third-order valence-corrected chi connectivity index (χ3v) is 4.01. The second kappa shape index (κ2) is 8.82. The molecular formula is C17H22N6O2. The van der Waals surface area contributed by atoms with Crippen LogP contribution in [0.5, 0.6) is 0 Å². The number of amides is 2. The van der Waals surface area contributed by atoms with Gasteiger partial charge in [-0.2, -0.15) is 5.26 Å². The van der Waals surface area contributed by atoms with E-state index in [1.165, 1.54) is 6.20 Å². The maximum Gasteiger partial charge on any atom is 0.266 e. The Hall–Kier alpha value is -2.89. The molecule has 8 nitrogen and oxygen atoms in total. The van der Waals surface area contributed by atoms with Crippen molar-refractivity contribution in [1.82, 2.24) is 9.80 Å². The molecule has 0 saturated carbocycles. The third-order valence-electron chi connectivity index (χ3n) is 4.01. The minimum absolute atomic E-state index is 0.0336. The SMILES string of the molecule is N#C/C(=C/Nc1ccc(C(N)=O)cc1)C(=O)N1CCN(CCN)CC1. The summed E-state index contributed by atoms with van der Waals surface area (Å²) in [5.74, 6) is -0.806. The summed E-state index contributed by atoms with van der Waals surface area (Å²) in [6, 6.07) is 8.39. The number of nitrogens with zero attached hydrogens (tertiary/aromatic N) is 3. The van der Waals surface area contributed by atoms with Crippen LogP contribution in [-0.2, 0) is 4.79 Å². The minimum Gasteiger partial charge on any atom is -0.366 e. The van der Waals surface area contributed by atoms with E-state index < -0.39 is 5.91 Å². The van der Waals surface area contributed by atoms with E-state index in [1.54, 1.807) is 29.2 Å². The molecular weight excluding hydrogens is 320 g/mol. The van der Waals surface area contributed by atoms with E-state index in [0.29, 0.717) is 30.9 Å². The van der Waals surface area contributed by atoms with Crippen LogP contribution in [0.2, 0.25) is 0 Å². The monoisotopic (exact) mass is 342 g/mol. The van der Waals surface area contributed by atoms with Crippen molar-refractivity contribution in [2.24, 2.45) is 11.5 Å². The van der Waals surface area contributed by atoms with Crippen molar-refractivity contribution in [3.8, 4) is 6.07 Å². The van der Waals surface area contributed by atoms with Gasteiger partial charge in [-0.3, -0.25) is 14.5 Å². The highest BCUT2D eigenvalue weighted by Gasteiger charge is 2.23. The normalized spacial score (nSPS) is 15.5. The highest BCUT2D eigenvalue weighted by molar-refractivity contribution is 5.97. The Morgan fingerprint density at radius 2 is 1.84 bits per heavy atom. The van der Waals surface area contributed by atoms with Crippen molar-refractivity contribution in [1.29, 1.82) is 5.26 Å². The number of hydrogen-bond donors (Lipinski definition) is 3. The van der Waals surface area contributed by atoms with Crippen LogP contribution in [0.15, 0.2) is 36.0 Å². The summed E-state index contributed by atoms with van der Waals surface area (Å²) in [5.41, 5.74) is 11.8. The lowest BCUT2D eigenvalue weighted by atomic mass is 10.2. The highest BCUT2D eigenvalue weighted by atomic mass is 16.2. The van der Waals surface area contributed by atoms with Crippen LogP contribution in [0.4, 0.5) is 5.69 Å². The van der Waals surface area contributed by atoms with Crippen LogP contribution in [0.3, 0.4) is 0 Å². The van der Waals surface area contributed by atoms with Crippen LogP contribution in [0, 0.1) is 11.3 Å². The first-order valence-corrected chi connectivity index (χ1v) is 8.03. The van der Waals surface area contributed by atoms with Crippen LogP contribution in [-0.4, -0.2) is 60.9 Å². The molecule has 2 rings (SSSR count). The van der Waals surface area contributed by atoms with Crippen molar-refractivity contribution < 1.29 is 9.59 Å². The van der Waals surface area contributed by atoms with Gasteiger partial charge < -0.3 is 21.7 Å². The molecule has 2 amide bonds. The van der Waals surface area contributed by atoms with Gasteiger partial charge >= 0.3 is 0 Å². The van der Waals surface area contributed by atoms with Crippen LogP contribution >= 0.6 is 0 Å². The van der Waals surface area contributed by atoms with Gasteiger partial charge in [0.25, 0.3) is 5.91 Å². The number of anilines is 1. The largest absolute Gasteiger partial charge is 0.366 e. The Bertz CT molecular complexity index is 684. The minimum atomic E-state index is -0.510. The van der Waals surface area contributed by atoms with Gasteiger partial charge in [-0.25, -0.2) is 0 Å². The van der Waals surface area contributed by atoms with Gasteiger partial charge in [-0.15, -0.1) is 0 Å². The van der Waals surface area contributed by atoms with E-state index in [0.717, 1.165) is 19.6 Å². The highest BCUT2D eigenvalue weighted by Crippen LogP contribution is 2.11. The molecule has 1 heterocycles. The molecule has 5 N–H and O–H groups in total. The summed E-state index contributed by atoms with van der Waals surface area (Å²) in [7, 11) is 0. The molecule has 25 heavy (non-hydrogen) atoms. The molecule has 1 fully saturated rings.